The molecule has 4 N–H and O–H groups in total. The standard InChI is InChI=1S/C12H10N4S2/c13-11-15-6-8(17-11)9-10(18-12(14)16-9)7-4-2-1-3-5-7/h1-6H,(H2,13,15)(H2,14,16). The molecule has 0 unspecified atom stereocenters. The first-order valence-electron chi connectivity index (χ1n) is 5.27. The zero-order valence-electron chi connectivity index (χ0n) is 9.33. The molecule has 4 nitrogen and oxygen atoms in total. The van der Waals surface area contributed by atoms with Crippen LogP contribution < -0.4 is 11.5 Å². The van der Waals surface area contributed by atoms with Crippen LogP contribution in [0.4, 0.5) is 10.3 Å². The van der Waals surface area contributed by atoms with Crippen LogP contribution in [0.15, 0.2) is 36.5 Å². The monoisotopic (exact) mass is 274 g/mol. The summed E-state index contributed by atoms with van der Waals surface area (Å²) in [5.74, 6) is 0. The summed E-state index contributed by atoms with van der Waals surface area (Å²) >= 11 is 2.89. The molecule has 3 rings (SSSR count). The van der Waals surface area contributed by atoms with E-state index in [-0.39, 0.29) is 0 Å². The van der Waals surface area contributed by atoms with Gasteiger partial charge in [0.1, 0.15) is 5.69 Å². The summed E-state index contributed by atoms with van der Waals surface area (Å²) in [4.78, 5) is 10.4. The minimum atomic E-state index is 0.538. The van der Waals surface area contributed by atoms with Gasteiger partial charge in [0.05, 0.1) is 9.75 Å². The first-order valence-corrected chi connectivity index (χ1v) is 6.91. The quantitative estimate of drug-likeness (QED) is 0.752. The van der Waals surface area contributed by atoms with E-state index in [9.17, 15) is 0 Å². The van der Waals surface area contributed by atoms with E-state index in [1.807, 2.05) is 30.3 Å². The molecule has 0 aliphatic heterocycles. The first-order chi connectivity index (χ1) is 8.74. The molecule has 90 valence electrons. The Morgan fingerprint density at radius 1 is 0.944 bits per heavy atom. The highest BCUT2D eigenvalue weighted by molar-refractivity contribution is 7.21. The van der Waals surface area contributed by atoms with Gasteiger partial charge in [-0.1, -0.05) is 53.0 Å². The molecule has 0 fully saturated rings. The van der Waals surface area contributed by atoms with Gasteiger partial charge in [-0.05, 0) is 5.56 Å². The van der Waals surface area contributed by atoms with Gasteiger partial charge >= 0.3 is 0 Å². The second kappa shape index (κ2) is 4.40. The van der Waals surface area contributed by atoms with Gasteiger partial charge in [-0.25, -0.2) is 9.97 Å². The molecule has 0 aliphatic rings. The van der Waals surface area contributed by atoms with Crippen molar-refractivity contribution < 1.29 is 0 Å². The molecular formula is C12H10N4S2. The zero-order valence-corrected chi connectivity index (χ0v) is 11.0. The number of nitrogens with two attached hydrogens (primary N) is 2. The molecule has 0 saturated carbocycles. The van der Waals surface area contributed by atoms with Gasteiger partial charge in [0.2, 0.25) is 0 Å². The SMILES string of the molecule is Nc1ncc(-c2nc(N)sc2-c2ccccc2)s1. The Morgan fingerprint density at radius 3 is 2.39 bits per heavy atom. The average molecular weight is 274 g/mol. The molecule has 2 heterocycles. The lowest BCUT2D eigenvalue weighted by atomic mass is 10.1. The maximum Gasteiger partial charge on any atom is 0.181 e. The average Bonchev–Trinajstić information content (AvgIpc) is 2.96. The van der Waals surface area contributed by atoms with E-state index >= 15 is 0 Å². The molecule has 6 heteroatoms. The highest BCUT2D eigenvalue weighted by Crippen LogP contribution is 2.40. The van der Waals surface area contributed by atoms with Crippen molar-refractivity contribution in [1.82, 2.24) is 9.97 Å². The van der Waals surface area contributed by atoms with E-state index in [4.69, 9.17) is 11.5 Å². The van der Waals surface area contributed by atoms with Crippen LogP contribution in [-0.4, -0.2) is 9.97 Å². The van der Waals surface area contributed by atoms with Crippen molar-refractivity contribution in [2.75, 3.05) is 11.5 Å². The van der Waals surface area contributed by atoms with Crippen molar-refractivity contribution in [3.05, 3.63) is 36.5 Å². The smallest absolute Gasteiger partial charge is 0.181 e. The van der Waals surface area contributed by atoms with Crippen LogP contribution in [0.5, 0.6) is 0 Å². The van der Waals surface area contributed by atoms with Crippen molar-refractivity contribution in [1.29, 1.82) is 0 Å². The van der Waals surface area contributed by atoms with E-state index in [1.54, 1.807) is 6.20 Å². The molecule has 0 radical (unpaired) electrons. The number of anilines is 2. The molecule has 0 atom stereocenters. The molecule has 0 spiro atoms. The minimum absolute atomic E-state index is 0.538. The predicted molar refractivity (Wildman–Crippen MR) is 77.5 cm³/mol. The number of rotatable bonds is 2. The van der Waals surface area contributed by atoms with E-state index in [0.717, 1.165) is 21.0 Å². The van der Waals surface area contributed by atoms with Crippen LogP contribution in [0.1, 0.15) is 0 Å². The molecule has 0 saturated heterocycles. The summed E-state index contributed by atoms with van der Waals surface area (Å²) in [6, 6.07) is 10.1. The largest absolute Gasteiger partial charge is 0.375 e. The maximum absolute atomic E-state index is 5.82. The number of nitrogen functional groups attached to an aromatic ring is 2. The third kappa shape index (κ3) is 1.96. The number of hydrogen-bond donors (Lipinski definition) is 2. The van der Waals surface area contributed by atoms with Gasteiger partial charge in [-0.15, -0.1) is 0 Å². The lowest BCUT2D eigenvalue weighted by molar-refractivity contribution is 1.39. The van der Waals surface area contributed by atoms with Gasteiger partial charge < -0.3 is 11.5 Å². The molecule has 0 aliphatic carbocycles. The van der Waals surface area contributed by atoms with Gasteiger partial charge in [0.15, 0.2) is 10.3 Å². The number of aromatic nitrogens is 2. The van der Waals surface area contributed by atoms with Crippen molar-refractivity contribution in [3.63, 3.8) is 0 Å². The van der Waals surface area contributed by atoms with Crippen LogP contribution in [0.2, 0.25) is 0 Å². The third-order valence-electron chi connectivity index (χ3n) is 2.44. The fourth-order valence-corrected chi connectivity index (χ4v) is 3.28. The lowest BCUT2D eigenvalue weighted by Gasteiger charge is -1.99. The summed E-state index contributed by atoms with van der Waals surface area (Å²) in [7, 11) is 0. The molecule has 3 aromatic rings. The first kappa shape index (κ1) is 11.2. The molecule has 0 bridgehead atoms. The Balaban J connectivity index is 2.16. The maximum atomic E-state index is 5.82. The van der Waals surface area contributed by atoms with E-state index in [1.165, 1.54) is 22.7 Å². The second-order valence-corrected chi connectivity index (χ2v) is 5.75. The molecule has 2 aromatic heterocycles. The Kier molecular flexibility index (Phi) is 2.73. The summed E-state index contributed by atoms with van der Waals surface area (Å²) in [6.07, 6.45) is 1.74. The number of thiazole rings is 2. The number of nitrogens with zero attached hydrogens (tertiary/aromatic N) is 2. The van der Waals surface area contributed by atoms with Crippen molar-refractivity contribution >= 4 is 32.9 Å². The predicted octanol–water partition coefficient (Wildman–Crippen LogP) is 3.10. The third-order valence-corrected chi connectivity index (χ3v) is 4.20. The number of benzene rings is 1. The lowest BCUT2D eigenvalue weighted by Crippen LogP contribution is -1.81. The van der Waals surface area contributed by atoms with Crippen LogP contribution >= 0.6 is 22.7 Å². The summed E-state index contributed by atoms with van der Waals surface area (Å²) in [5, 5.41) is 1.09. The number of hydrogen-bond acceptors (Lipinski definition) is 6. The van der Waals surface area contributed by atoms with Gasteiger partial charge in [-0.3, -0.25) is 0 Å². The highest BCUT2D eigenvalue weighted by atomic mass is 32.1. The Morgan fingerprint density at radius 2 is 1.72 bits per heavy atom. The minimum Gasteiger partial charge on any atom is -0.375 e. The normalized spacial score (nSPS) is 10.7. The zero-order chi connectivity index (χ0) is 12.5. The fraction of sp³-hybridized carbons (Fsp3) is 0. The highest BCUT2D eigenvalue weighted by Gasteiger charge is 2.15. The van der Waals surface area contributed by atoms with Crippen LogP contribution in [0.3, 0.4) is 0 Å². The summed E-state index contributed by atoms with van der Waals surface area (Å²) in [6.45, 7) is 0. The van der Waals surface area contributed by atoms with Crippen molar-refractivity contribution in [2.24, 2.45) is 0 Å². The Bertz CT molecular complexity index is 672. The van der Waals surface area contributed by atoms with Crippen LogP contribution in [0, 0.1) is 0 Å². The van der Waals surface area contributed by atoms with Gasteiger partial charge in [0, 0.05) is 6.20 Å². The van der Waals surface area contributed by atoms with Gasteiger partial charge in [-0.2, -0.15) is 0 Å². The molecule has 18 heavy (non-hydrogen) atoms. The Labute approximate surface area is 112 Å². The van der Waals surface area contributed by atoms with Crippen molar-refractivity contribution in [3.8, 4) is 21.0 Å². The topological polar surface area (TPSA) is 77.8 Å². The summed E-state index contributed by atoms with van der Waals surface area (Å²) < 4.78 is 0. The Hall–Kier alpha value is -1.92. The van der Waals surface area contributed by atoms with E-state index in [0.29, 0.717) is 10.3 Å². The second-order valence-electron chi connectivity index (χ2n) is 3.66. The van der Waals surface area contributed by atoms with Crippen LogP contribution in [-0.2, 0) is 0 Å². The van der Waals surface area contributed by atoms with Gasteiger partial charge in [0.25, 0.3) is 0 Å². The van der Waals surface area contributed by atoms with Crippen molar-refractivity contribution in [2.45, 2.75) is 0 Å². The molecule has 1 aromatic carbocycles. The van der Waals surface area contributed by atoms with Crippen LogP contribution in [0.25, 0.3) is 21.0 Å². The fourth-order valence-electron chi connectivity index (χ4n) is 1.69. The van der Waals surface area contributed by atoms with E-state index in [2.05, 4.69) is 9.97 Å². The summed E-state index contributed by atoms with van der Waals surface area (Å²) in [5.41, 5.74) is 13.4. The molecular weight excluding hydrogens is 264 g/mol. The van der Waals surface area contributed by atoms with E-state index < -0.39 is 0 Å². The molecule has 0 amide bonds.